The van der Waals surface area contributed by atoms with Gasteiger partial charge >= 0.3 is 0 Å². The van der Waals surface area contributed by atoms with Crippen LogP contribution in [0.5, 0.6) is 0 Å². The van der Waals surface area contributed by atoms with E-state index in [2.05, 4.69) is 6.92 Å². The third-order valence-corrected chi connectivity index (χ3v) is 2.80. The SMILES string of the molecule is CCC([S])C1CCC1. The Hall–Kier alpha value is 0.350. The summed E-state index contributed by atoms with van der Waals surface area (Å²) in [4.78, 5) is 0. The van der Waals surface area contributed by atoms with Crippen LogP contribution < -0.4 is 0 Å². The van der Waals surface area contributed by atoms with Gasteiger partial charge in [0.2, 0.25) is 0 Å². The van der Waals surface area contributed by atoms with Crippen LogP contribution in [0.4, 0.5) is 0 Å². The fraction of sp³-hybridized carbons (Fsp3) is 1.00. The van der Waals surface area contributed by atoms with E-state index in [9.17, 15) is 0 Å². The van der Waals surface area contributed by atoms with Gasteiger partial charge < -0.3 is 0 Å². The highest BCUT2D eigenvalue weighted by Crippen LogP contribution is 2.33. The second-order valence-electron chi connectivity index (χ2n) is 2.64. The van der Waals surface area contributed by atoms with Crippen LogP contribution in [0.15, 0.2) is 0 Å². The number of hydrogen-bond acceptors (Lipinski definition) is 0. The highest BCUT2D eigenvalue weighted by Gasteiger charge is 2.23. The highest BCUT2D eigenvalue weighted by atomic mass is 32.1. The lowest BCUT2D eigenvalue weighted by atomic mass is 9.82. The topological polar surface area (TPSA) is 0 Å². The zero-order chi connectivity index (χ0) is 5.98. The van der Waals surface area contributed by atoms with Crippen molar-refractivity contribution in [2.75, 3.05) is 0 Å². The molecule has 0 bridgehead atoms. The van der Waals surface area contributed by atoms with Gasteiger partial charge in [0.05, 0.1) is 0 Å². The molecular formula is C7H13S. The van der Waals surface area contributed by atoms with Crippen LogP contribution in [-0.2, 0) is 0 Å². The molecule has 1 rings (SSSR count). The molecule has 0 amide bonds. The summed E-state index contributed by atoms with van der Waals surface area (Å²) in [6.07, 6.45) is 5.43. The van der Waals surface area contributed by atoms with Crippen molar-refractivity contribution < 1.29 is 0 Å². The maximum absolute atomic E-state index is 5.21. The molecule has 8 heavy (non-hydrogen) atoms. The molecule has 47 valence electrons. The van der Waals surface area contributed by atoms with E-state index in [1.54, 1.807) is 0 Å². The van der Waals surface area contributed by atoms with Crippen LogP contribution in [0.2, 0.25) is 0 Å². The first-order chi connectivity index (χ1) is 3.84. The lowest BCUT2D eigenvalue weighted by Crippen LogP contribution is -2.21. The van der Waals surface area contributed by atoms with E-state index in [0.29, 0.717) is 5.25 Å². The summed E-state index contributed by atoms with van der Waals surface area (Å²) in [5.74, 6) is 0.912. The Morgan fingerprint density at radius 2 is 2.25 bits per heavy atom. The van der Waals surface area contributed by atoms with Crippen LogP contribution in [0.1, 0.15) is 32.6 Å². The van der Waals surface area contributed by atoms with Crippen molar-refractivity contribution in [3.8, 4) is 0 Å². The van der Waals surface area contributed by atoms with Gasteiger partial charge in [0.25, 0.3) is 0 Å². The lowest BCUT2D eigenvalue weighted by Gasteiger charge is -2.29. The molecule has 1 atom stereocenters. The Morgan fingerprint density at radius 3 is 2.38 bits per heavy atom. The van der Waals surface area contributed by atoms with Crippen molar-refractivity contribution in [1.29, 1.82) is 0 Å². The minimum Gasteiger partial charge on any atom is -0.0902 e. The molecule has 1 radical (unpaired) electrons. The Bertz CT molecular complexity index is 64.0. The van der Waals surface area contributed by atoms with Gasteiger partial charge in [-0.25, -0.2) is 0 Å². The molecule has 0 aromatic heterocycles. The molecule has 1 aliphatic carbocycles. The Balaban J connectivity index is 2.13. The van der Waals surface area contributed by atoms with Crippen molar-refractivity contribution in [3.63, 3.8) is 0 Å². The maximum atomic E-state index is 5.21. The molecule has 0 aliphatic heterocycles. The fourth-order valence-corrected chi connectivity index (χ4v) is 1.42. The number of hydrogen-bond donors (Lipinski definition) is 0. The quantitative estimate of drug-likeness (QED) is 0.538. The maximum Gasteiger partial charge on any atom is 0.0177 e. The Morgan fingerprint density at radius 1 is 1.62 bits per heavy atom. The lowest BCUT2D eigenvalue weighted by molar-refractivity contribution is 0.304. The second-order valence-corrected chi connectivity index (χ2v) is 3.24. The molecule has 0 spiro atoms. The molecule has 1 heteroatoms. The normalized spacial score (nSPS) is 24.8. The summed E-state index contributed by atoms with van der Waals surface area (Å²) < 4.78 is 0. The van der Waals surface area contributed by atoms with Crippen molar-refractivity contribution in [2.45, 2.75) is 37.9 Å². The van der Waals surface area contributed by atoms with Crippen LogP contribution in [-0.4, -0.2) is 5.25 Å². The van der Waals surface area contributed by atoms with E-state index < -0.39 is 0 Å². The van der Waals surface area contributed by atoms with Crippen molar-refractivity contribution in [2.24, 2.45) is 5.92 Å². The first kappa shape index (κ1) is 6.47. The van der Waals surface area contributed by atoms with Gasteiger partial charge in [-0.2, -0.15) is 0 Å². The van der Waals surface area contributed by atoms with E-state index in [1.165, 1.54) is 25.7 Å². The third kappa shape index (κ3) is 1.19. The van der Waals surface area contributed by atoms with Crippen LogP contribution in [0.25, 0.3) is 0 Å². The molecular weight excluding hydrogens is 116 g/mol. The van der Waals surface area contributed by atoms with Crippen molar-refractivity contribution >= 4 is 12.6 Å². The summed E-state index contributed by atoms with van der Waals surface area (Å²) in [6, 6.07) is 0. The first-order valence-corrected chi connectivity index (χ1v) is 3.97. The molecule has 0 N–H and O–H groups in total. The van der Waals surface area contributed by atoms with Crippen molar-refractivity contribution in [1.82, 2.24) is 0 Å². The summed E-state index contributed by atoms with van der Waals surface area (Å²) in [5, 5.41) is 0.587. The molecule has 1 aliphatic rings. The van der Waals surface area contributed by atoms with Crippen molar-refractivity contribution in [3.05, 3.63) is 0 Å². The molecule has 0 aromatic rings. The van der Waals surface area contributed by atoms with Gasteiger partial charge in [0.15, 0.2) is 0 Å². The molecule has 1 fully saturated rings. The predicted octanol–water partition coefficient (Wildman–Crippen LogP) is 2.76. The minimum atomic E-state index is 0.587. The van der Waals surface area contributed by atoms with Gasteiger partial charge in [-0.15, -0.1) is 0 Å². The molecule has 1 unspecified atom stereocenters. The minimum absolute atomic E-state index is 0.587. The molecule has 0 aromatic carbocycles. The average molecular weight is 129 g/mol. The summed E-state index contributed by atoms with van der Waals surface area (Å²) in [7, 11) is 0. The van der Waals surface area contributed by atoms with Crippen LogP contribution in [0.3, 0.4) is 0 Å². The Kier molecular flexibility index (Phi) is 2.24. The van der Waals surface area contributed by atoms with Gasteiger partial charge in [0.1, 0.15) is 0 Å². The standard InChI is InChI=1S/C7H13S/c1-2-7(8)6-4-3-5-6/h6-7H,2-5H2,1H3. The highest BCUT2D eigenvalue weighted by molar-refractivity contribution is 7.81. The second kappa shape index (κ2) is 2.77. The predicted molar refractivity (Wildman–Crippen MR) is 39.0 cm³/mol. The number of rotatable bonds is 2. The summed E-state index contributed by atoms with van der Waals surface area (Å²) >= 11 is 5.21. The van der Waals surface area contributed by atoms with E-state index in [1.807, 2.05) is 0 Å². The summed E-state index contributed by atoms with van der Waals surface area (Å²) in [6.45, 7) is 2.19. The van der Waals surface area contributed by atoms with Crippen LogP contribution in [0, 0.1) is 5.92 Å². The van der Waals surface area contributed by atoms with Gasteiger partial charge in [-0.1, -0.05) is 26.0 Å². The van der Waals surface area contributed by atoms with E-state index in [4.69, 9.17) is 12.6 Å². The van der Waals surface area contributed by atoms with Gasteiger partial charge in [-0.05, 0) is 25.2 Å². The average Bonchev–Trinajstić information content (AvgIpc) is 1.62. The molecule has 0 heterocycles. The molecule has 1 saturated carbocycles. The van der Waals surface area contributed by atoms with E-state index in [0.717, 1.165) is 5.92 Å². The molecule has 0 saturated heterocycles. The zero-order valence-corrected chi connectivity index (χ0v) is 6.21. The smallest absolute Gasteiger partial charge is 0.0177 e. The summed E-state index contributed by atoms with van der Waals surface area (Å²) in [5.41, 5.74) is 0. The monoisotopic (exact) mass is 129 g/mol. The van der Waals surface area contributed by atoms with E-state index >= 15 is 0 Å². The van der Waals surface area contributed by atoms with Crippen LogP contribution >= 0.6 is 12.6 Å². The Labute approximate surface area is 57.1 Å². The largest absolute Gasteiger partial charge is 0.0902 e. The van der Waals surface area contributed by atoms with Gasteiger partial charge in [0, 0.05) is 5.25 Å². The third-order valence-electron chi connectivity index (χ3n) is 2.08. The molecule has 0 nitrogen and oxygen atoms in total. The zero-order valence-electron chi connectivity index (χ0n) is 5.39. The van der Waals surface area contributed by atoms with Gasteiger partial charge in [-0.3, -0.25) is 0 Å². The van der Waals surface area contributed by atoms with E-state index in [-0.39, 0.29) is 0 Å². The fourth-order valence-electron chi connectivity index (χ4n) is 1.14. The first-order valence-electron chi connectivity index (χ1n) is 3.50.